The highest BCUT2D eigenvalue weighted by Crippen LogP contribution is 2.23. The zero-order valence-corrected chi connectivity index (χ0v) is 11.4. The molecule has 1 aromatic heterocycles. The number of hydrogen-bond acceptors (Lipinski definition) is 2. The molecule has 0 bridgehead atoms. The quantitative estimate of drug-likeness (QED) is 0.579. The Morgan fingerprint density at radius 2 is 1.58 bits per heavy atom. The first-order valence-corrected chi connectivity index (χ1v) is 6.96. The maximum atomic E-state index is 11.9. The molecule has 0 fully saturated rings. The van der Waals surface area contributed by atoms with Crippen LogP contribution in [-0.4, -0.2) is 11.3 Å². The summed E-state index contributed by atoms with van der Waals surface area (Å²) in [7, 11) is 0. The molecule has 0 amide bonds. The van der Waals surface area contributed by atoms with Crippen LogP contribution in [0.3, 0.4) is 0 Å². The number of unbranched alkanes of at least 4 members (excludes halogenated alkanes) is 6. The van der Waals surface area contributed by atoms with E-state index in [2.05, 4.69) is 5.16 Å². The van der Waals surface area contributed by atoms with Crippen LogP contribution in [0.4, 0.5) is 13.2 Å². The zero-order chi connectivity index (χ0) is 14.1. The van der Waals surface area contributed by atoms with E-state index in [0.29, 0.717) is 6.42 Å². The summed E-state index contributed by atoms with van der Waals surface area (Å²) >= 11 is 0. The smallest absolute Gasteiger partial charge is 0.361 e. The Kier molecular flexibility index (Phi) is 6.95. The van der Waals surface area contributed by atoms with E-state index in [1.165, 1.54) is 0 Å². The molecule has 1 aromatic rings. The van der Waals surface area contributed by atoms with E-state index in [9.17, 15) is 13.2 Å². The highest BCUT2D eigenvalue weighted by molar-refractivity contribution is 5.02. The summed E-state index contributed by atoms with van der Waals surface area (Å²) in [6.45, 7) is 1.90. The molecule has 0 aromatic carbocycles. The number of nitrogens with zero attached hydrogens (tertiary/aromatic N) is 1. The lowest BCUT2D eigenvalue weighted by Gasteiger charge is -2.05. The molecule has 0 N–H and O–H groups in total. The molecule has 110 valence electrons. The minimum Gasteiger partial charge on any atom is -0.361 e. The SMILES string of the molecule is Cc1cc(CCCCCCCCCC(F)(F)F)on1. The standard InChI is InChI=1S/C14H22F3NO/c1-12-11-13(19-18-12)9-7-5-3-2-4-6-8-10-14(15,16)17/h11H,2-10H2,1H3. The molecule has 19 heavy (non-hydrogen) atoms. The Bertz CT molecular complexity index is 347. The fourth-order valence-corrected chi connectivity index (χ4v) is 2.04. The molecule has 0 radical (unpaired) electrons. The van der Waals surface area contributed by atoms with Crippen molar-refractivity contribution in [2.45, 2.75) is 70.9 Å². The van der Waals surface area contributed by atoms with Gasteiger partial charge >= 0.3 is 6.18 Å². The van der Waals surface area contributed by atoms with Crippen molar-refractivity contribution in [1.29, 1.82) is 0 Å². The highest BCUT2D eigenvalue weighted by atomic mass is 19.4. The number of aryl methyl sites for hydroxylation is 2. The fourth-order valence-electron chi connectivity index (χ4n) is 2.04. The van der Waals surface area contributed by atoms with Crippen molar-refractivity contribution >= 4 is 0 Å². The lowest BCUT2D eigenvalue weighted by atomic mass is 10.1. The number of hydrogen-bond donors (Lipinski definition) is 0. The minimum atomic E-state index is -3.99. The Morgan fingerprint density at radius 3 is 2.11 bits per heavy atom. The van der Waals surface area contributed by atoms with E-state index < -0.39 is 12.6 Å². The van der Waals surface area contributed by atoms with Crippen molar-refractivity contribution in [3.05, 3.63) is 17.5 Å². The molecule has 0 unspecified atom stereocenters. The monoisotopic (exact) mass is 277 g/mol. The van der Waals surface area contributed by atoms with Gasteiger partial charge < -0.3 is 4.52 Å². The van der Waals surface area contributed by atoms with E-state index in [1.54, 1.807) is 0 Å². The summed E-state index contributed by atoms with van der Waals surface area (Å²) in [5.74, 6) is 0.919. The van der Waals surface area contributed by atoms with Gasteiger partial charge in [0.05, 0.1) is 5.69 Å². The molecule has 0 aliphatic heterocycles. The van der Waals surface area contributed by atoms with Crippen LogP contribution in [0.15, 0.2) is 10.6 Å². The Labute approximate surface area is 112 Å². The topological polar surface area (TPSA) is 26.0 Å². The van der Waals surface area contributed by atoms with Gasteiger partial charge in [0.25, 0.3) is 0 Å². The predicted molar refractivity (Wildman–Crippen MR) is 67.9 cm³/mol. The second-order valence-corrected chi connectivity index (χ2v) is 5.02. The minimum absolute atomic E-state index is 0.265. The van der Waals surface area contributed by atoms with E-state index in [-0.39, 0.29) is 6.42 Å². The molecule has 2 nitrogen and oxygen atoms in total. The molecule has 0 saturated carbocycles. The second kappa shape index (κ2) is 8.23. The average Bonchev–Trinajstić information content (AvgIpc) is 2.71. The van der Waals surface area contributed by atoms with Crippen molar-refractivity contribution in [2.24, 2.45) is 0 Å². The molecule has 0 saturated heterocycles. The molecular weight excluding hydrogens is 255 g/mol. The van der Waals surface area contributed by atoms with Gasteiger partial charge in [-0.3, -0.25) is 0 Å². The lowest BCUT2D eigenvalue weighted by molar-refractivity contribution is -0.135. The zero-order valence-electron chi connectivity index (χ0n) is 11.4. The molecule has 0 aliphatic carbocycles. The van der Waals surface area contributed by atoms with Crippen LogP contribution in [0.25, 0.3) is 0 Å². The van der Waals surface area contributed by atoms with Crippen molar-refractivity contribution in [3.63, 3.8) is 0 Å². The molecule has 1 rings (SSSR count). The Morgan fingerprint density at radius 1 is 1.00 bits per heavy atom. The summed E-state index contributed by atoms with van der Waals surface area (Å²) in [4.78, 5) is 0. The first-order valence-electron chi connectivity index (χ1n) is 6.96. The maximum Gasteiger partial charge on any atom is 0.389 e. The van der Waals surface area contributed by atoms with Crippen LogP contribution in [0.5, 0.6) is 0 Å². The Balaban J connectivity index is 1.86. The Hall–Kier alpha value is -1.00. The molecule has 0 spiro atoms. The normalized spacial score (nSPS) is 12.0. The van der Waals surface area contributed by atoms with E-state index in [0.717, 1.165) is 50.0 Å². The van der Waals surface area contributed by atoms with E-state index in [1.807, 2.05) is 13.0 Å². The molecule has 0 atom stereocenters. The third kappa shape index (κ3) is 8.67. The first kappa shape index (κ1) is 16.1. The number of aromatic nitrogens is 1. The highest BCUT2D eigenvalue weighted by Gasteiger charge is 2.25. The van der Waals surface area contributed by atoms with Crippen molar-refractivity contribution in [2.75, 3.05) is 0 Å². The van der Waals surface area contributed by atoms with Crippen LogP contribution in [0.2, 0.25) is 0 Å². The summed E-state index contributed by atoms with van der Waals surface area (Å²) in [5.41, 5.74) is 0.902. The van der Waals surface area contributed by atoms with Crippen LogP contribution < -0.4 is 0 Å². The molecule has 1 heterocycles. The van der Waals surface area contributed by atoms with E-state index >= 15 is 0 Å². The van der Waals surface area contributed by atoms with Gasteiger partial charge in [0.1, 0.15) is 5.76 Å². The maximum absolute atomic E-state index is 11.9. The van der Waals surface area contributed by atoms with Gasteiger partial charge in [-0.2, -0.15) is 13.2 Å². The van der Waals surface area contributed by atoms with Gasteiger partial charge in [0, 0.05) is 18.9 Å². The van der Waals surface area contributed by atoms with Gasteiger partial charge in [-0.1, -0.05) is 37.3 Å². The van der Waals surface area contributed by atoms with Gasteiger partial charge in [0.2, 0.25) is 0 Å². The molecular formula is C14H22F3NO. The third-order valence-corrected chi connectivity index (χ3v) is 3.06. The van der Waals surface area contributed by atoms with Gasteiger partial charge in [-0.15, -0.1) is 0 Å². The van der Waals surface area contributed by atoms with Gasteiger partial charge in [-0.25, -0.2) is 0 Å². The average molecular weight is 277 g/mol. The number of rotatable bonds is 9. The fraction of sp³-hybridized carbons (Fsp3) is 0.786. The summed E-state index contributed by atoms with van der Waals surface area (Å²) in [5, 5.41) is 3.82. The summed E-state index contributed by atoms with van der Waals surface area (Å²) in [6.07, 6.45) is 2.36. The molecule has 0 aliphatic rings. The van der Waals surface area contributed by atoms with Crippen molar-refractivity contribution < 1.29 is 17.7 Å². The number of alkyl halides is 3. The molecule has 5 heteroatoms. The van der Waals surface area contributed by atoms with Crippen LogP contribution in [-0.2, 0) is 6.42 Å². The van der Waals surface area contributed by atoms with Crippen molar-refractivity contribution in [3.8, 4) is 0 Å². The van der Waals surface area contributed by atoms with E-state index in [4.69, 9.17) is 4.52 Å². The first-order chi connectivity index (χ1) is 8.97. The van der Waals surface area contributed by atoms with Crippen LogP contribution in [0, 0.1) is 6.92 Å². The third-order valence-electron chi connectivity index (χ3n) is 3.06. The lowest BCUT2D eigenvalue weighted by Crippen LogP contribution is -2.06. The second-order valence-electron chi connectivity index (χ2n) is 5.02. The predicted octanol–water partition coefficient (Wildman–Crippen LogP) is 5.21. The summed E-state index contributed by atoms with van der Waals surface area (Å²) < 4.78 is 40.7. The number of halogens is 3. The summed E-state index contributed by atoms with van der Waals surface area (Å²) in [6, 6.07) is 1.94. The van der Waals surface area contributed by atoms with Crippen molar-refractivity contribution in [1.82, 2.24) is 5.16 Å². The van der Waals surface area contributed by atoms with Crippen LogP contribution in [0.1, 0.15) is 62.8 Å². The largest absolute Gasteiger partial charge is 0.389 e. The van der Waals surface area contributed by atoms with Gasteiger partial charge in [0.15, 0.2) is 0 Å². The van der Waals surface area contributed by atoms with Gasteiger partial charge in [-0.05, 0) is 19.8 Å². The van der Waals surface area contributed by atoms with Crippen LogP contribution >= 0.6 is 0 Å².